The van der Waals surface area contributed by atoms with Gasteiger partial charge in [-0.25, -0.2) is 8.78 Å². The molecule has 0 saturated carbocycles. The molecule has 0 aliphatic rings. The molecular formula is C35H28ClF9N2O4. The number of carbonyl (C=O) groups is 2. The minimum atomic E-state index is -5.20. The van der Waals surface area contributed by atoms with Gasteiger partial charge in [0, 0.05) is 30.7 Å². The van der Waals surface area contributed by atoms with Crippen LogP contribution in [0.25, 0.3) is 0 Å². The van der Waals surface area contributed by atoms with Crippen molar-refractivity contribution >= 4 is 23.5 Å². The summed E-state index contributed by atoms with van der Waals surface area (Å²) >= 11 is 6.04. The third-order valence-corrected chi connectivity index (χ3v) is 7.77. The second-order valence-corrected chi connectivity index (χ2v) is 11.6. The normalized spacial score (nSPS) is 13.1. The Kier molecular flexibility index (Phi) is 12.3. The number of rotatable bonds is 14. The molecule has 1 amide bonds. The Morgan fingerprint density at radius 3 is 2.20 bits per heavy atom. The van der Waals surface area contributed by atoms with E-state index in [9.17, 15) is 44.7 Å². The van der Waals surface area contributed by atoms with Crippen molar-refractivity contribution in [3.8, 4) is 5.75 Å². The number of aromatic nitrogens is 1. The molecule has 272 valence electrons. The highest BCUT2D eigenvalue weighted by molar-refractivity contribution is 6.30. The summed E-state index contributed by atoms with van der Waals surface area (Å²) in [5, 5.41) is 2.60. The number of benzene rings is 3. The van der Waals surface area contributed by atoms with Crippen molar-refractivity contribution in [3.05, 3.63) is 129 Å². The number of amides is 1. The van der Waals surface area contributed by atoms with Crippen LogP contribution < -0.4 is 10.1 Å². The lowest BCUT2D eigenvalue weighted by Gasteiger charge is -2.36. The first-order valence-corrected chi connectivity index (χ1v) is 15.5. The van der Waals surface area contributed by atoms with E-state index in [-0.39, 0.29) is 35.8 Å². The fraction of sp³-hybridized carbons (Fsp3) is 0.286. The lowest BCUT2D eigenvalue weighted by atomic mass is 9.79. The predicted molar refractivity (Wildman–Crippen MR) is 167 cm³/mol. The molecule has 0 bridgehead atoms. The van der Waals surface area contributed by atoms with Gasteiger partial charge in [0.05, 0.1) is 22.9 Å². The quantitative estimate of drug-likeness (QED) is 0.103. The maximum atomic E-state index is 15.2. The molecule has 1 atom stereocenters. The maximum Gasteiger partial charge on any atom is 0.461 e. The molecule has 1 N–H and O–H groups in total. The smallest absolute Gasteiger partial charge is 0.461 e. The molecule has 1 heterocycles. The van der Waals surface area contributed by atoms with Crippen LogP contribution in [0.2, 0.25) is 5.02 Å². The second-order valence-electron chi connectivity index (χ2n) is 11.2. The van der Waals surface area contributed by atoms with Gasteiger partial charge < -0.3 is 14.8 Å². The van der Waals surface area contributed by atoms with Crippen molar-refractivity contribution in [1.82, 2.24) is 10.3 Å². The maximum absolute atomic E-state index is 15.2. The van der Waals surface area contributed by atoms with Gasteiger partial charge in [-0.1, -0.05) is 35.9 Å². The van der Waals surface area contributed by atoms with E-state index in [0.717, 1.165) is 30.0 Å². The Hall–Kier alpha value is -4.79. The molecule has 0 fully saturated rings. The van der Waals surface area contributed by atoms with Crippen LogP contribution in [0.1, 0.15) is 58.1 Å². The number of nitrogens with zero attached hydrogens (tertiary/aromatic N) is 1. The van der Waals surface area contributed by atoms with Crippen LogP contribution >= 0.6 is 11.6 Å². The van der Waals surface area contributed by atoms with E-state index in [4.69, 9.17) is 16.3 Å². The lowest BCUT2D eigenvalue weighted by Crippen LogP contribution is -2.49. The Morgan fingerprint density at radius 2 is 1.59 bits per heavy atom. The summed E-state index contributed by atoms with van der Waals surface area (Å²) in [4.78, 5) is 29.7. The van der Waals surface area contributed by atoms with Gasteiger partial charge in [-0.05, 0) is 78.9 Å². The molecule has 51 heavy (non-hydrogen) atoms. The average molecular weight is 747 g/mol. The Bertz CT molecular complexity index is 1840. The molecule has 6 nitrogen and oxygen atoms in total. The number of ether oxygens (including phenoxy) is 2. The highest BCUT2D eigenvalue weighted by atomic mass is 35.5. The summed E-state index contributed by atoms with van der Waals surface area (Å²) in [5.74, 6) is -5.67. The van der Waals surface area contributed by atoms with Crippen molar-refractivity contribution in [2.45, 2.75) is 56.9 Å². The third kappa shape index (κ3) is 9.93. The first kappa shape index (κ1) is 39.0. The summed E-state index contributed by atoms with van der Waals surface area (Å²) in [5.41, 5.74) is -4.02. The number of hydrogen-bond donors (Lipinski definition) is 1. The Balaban J connectivity index is 1.87. The molecular weight excluding hydrogens is 719 g/mol. The summed E-state index contributed by atoms with van der Waals surface area (Å²) in [7, 11) is 0. The average Bonchev–Trinajstić information content (AvgIpc) is 3.04. The fourth-order valence-electron chi connectivity index (χ4n) is 5.17. The number of halogens is 10. The van der Waals surface area contributed by atoms with Gasteiger partial charge in [0.15, 0.2) is 0 Å². The molecule has 0 aliphatic heterocycles. The SMILES string of the molecule is CCOC(=O)CCCc1ccc(C[C@](NC(=O)c2ccc(F)c(C(F)(F)F)c2)(c2cc(F)cc(OC(F)(F)C(F)F)c2)c2ccc(Cl)cn2)cc1. The van der Waals surface area contributed by atoms with Gasteiger partial charge in [-0.2, -0.15) is 30.7 Å². The zero-order chi connectivity index (χ0) is 37.6. The highest BCUT2D eigenvalue weighted by Crippen LogP contribution is 2.38. The first-order valence-electron chi connectivity index (χ1n) is 15.1. The number of alkyl halides is 7. The van der Waals surface area contributed by atoms with Crippen molar-refractivity contribution in [2.24, 2.45) is 0 Å². The number of nitrogens with one attached hydrogen (secondary N) is 1. The minimum absolute atomic E-state index is 0.0827. The standard InChI is InChI=1S/C35H28ClF9N2O4/c1-2-50-30(48)5-3-4-20-6-8-21(9-7-20)18-33(29-13-11-24(36)19-46-29,23-15-25(37)17-26(16-23)51-35(44,45)32(39)40)47-31(49)22-10-12-28(38)27(14-22)34(41,42)43/h6-17,19,32H,2-5,18H2,1H3,(H,47,49)/t33-/m0/s1. The van der Waals surface area contributed by atoms with Crippen LogP contribution in [0.3, 0.4) is 0 Å². The second kappa shape index (κ2) is 16.0. The lowest BCUT2D eigenvalue weighted by molar-refractivity contribution is -0.253. The fourth-order valence-corrected chi connectivity index (χ4v) is 5.28. The van der Waals surface area contributed by atoms with Crippen LogP contribution in [0, 0.1) is 11.6 Å². The van der Waals surface area contributed by atoms with Crippen LogP contribution in [0.4, 0.5) is 39.5 Å². The van der Waals surface area contributed by atoms with Crippen LogP contribution in [0.5, 0.6) is 5.75 Å². The van der Waals surface area contributed by atoms with Gasteiger partial charge in [0.25, 0.3) is 5.91 Å². The monoisotopic (exact) mass is 746 g/mol. The number of esters is 1. The van der Waals surface area contributed by atoms with Crippen molar-refractivity contribution in [3.63, 3.8) is 0 Å². The number of carbonyl (C=O) groups excluding carboxylic acids is 2. The topological polar surface area (TPSA) is 77.5 Å². The zero-order valence-corrected chi connectivity index (χ0v) is 27.2. The van der Waals surface area contributed by atoms with E-state index in [0.29, 0.717) is 30.5 Å². The van der Waals surface area contributed by atoms with Crippen molar-refractivity contribution in [2.75, 3.05) is 6.61 Å². The molecule has 3 aromatic carbocycles. The number of hydrogen-bond acceptors (Lipinski definition) is 5. The van der Waals surface area contributed by atoms with Crippen LogP contribution in [-0.2, 0) is 34.1 Å². The zero-order valence-electron chi connectivity index (χ0n) is 26.5. The molecule has 4 rings (SSSR count). The molecule has 4 aromatic rings. The number of aryl methyl sites for hydroxylation is 1. The predicted octanol–water partition coefficient (Wildman–Crippen LogP) is 9.07. The molecule has 16 heteroatoms. The Labute approximate surface area is 290 Å². The van der Waals surface area contributed by atoms with Gasteiger partial charge in [-0.3, -0.25) is 14.6 Å². The van der Waals surface area contributed by atoms with Crippen molar-refractivity contribution < 1.29 is 58.6 Å². The van der Waals surface area contributed by atoms with E-state index in [1.165, 1.54) is 12.1 Å². The van der Waals surface area contributed by atoms with Gasteiger partial charge in [0.1, 0.15) is 22.9 Å². The summed E-state index contributed by atoms with van der Waals surface area (Å²) in [6.45, 7) is 1.90. The van der Waals surface area contributed by atoms with Crippen LogP contribution in [0.15, 0.2) is 79.0 Å². The van der Waals surface area contributed by atoms with Crippen molar-refractivity contribution in [1.29, 1.82) is 0 Å². The van der Waals surface area contributed by atoms with E-state index in [2.05, 4.69) is 15.0 Å². The van der Waals surface area contributed by atoms with Gasteiger partial charge >= 0.3 is 24.7 Å². The molecule has 0 aliphatic carbocycles. The molecule has 0 saturated heterocycles. The molecule has 0 spiro atoms. The van der Waals surface area contributed by atoms with E-state index in [1.54, 1.807) is 31.2 Å². The molecule has 0 radical (unpaired) electrons. The van der Waals surface area contributed by atoms with E-state index >= 15 is 4.39 Å². The molecule has 0 unspecified atom stereocenters. The van der Waals surface area contributed by atoms with Gasteiger partial charge in [0.2, 0.25) is 0 Å². The highest BCUT2D eigenvalue weighted by Gasteiger charge is 2.45. The first-order chi connectivity index (χ1) is 23.9. The summed E-state index contributed by atoms with van der Waals surface area (Å²) in [6, 6.07) is 12.4. The van der Waals surface area contributed by atoms with Gasteiger partial charge in [-0.15, -0.1) is 0 Å². The summed E-state index contributed by atoms with van der Waals surface area (Å²) in [6.07, 6.45) is -12.8. The van der Waals surface area contributed by atoms with E-state index in [1.807, 2.05) is 0 Å². The molecule has 1 aromatic heterocycles. The summed E-state index contributed by atoms with van der Waals surface area (Å²) < 4.78 is 133. The number of pyridine rings is 1. The Morgan fingerprint density at radius 1 is 0.902 bits per heavy atom. The van der Waals surface area contributed by atoms with E-state index < -0.39 is 70.7 Å². The van der Waals surface area contributed by atoms with Crippen LogP contribution in [-0.4, -0.2) is 36.0 Å². The third-order valence-electron chi connectivity index (χ3n) is 7.54. The largest absolute Gasteiger partial charge is 0.466 e. The minimum Gasteiger partial charge on any atom is -0.466 e.